The Hall–Kier alpha value is -3.44. The minimum Gasteiger partial charge on any atom is -0.462 e. The van der Waals surface area contributed by atoms with Crippen molar-refractivity contribution in [3.8, 4) is 0 Å². The lowest BCUT2D eigenvalue weighted by molar-refractivity contribution is -0.161. The molecule has 0 bridgehead atoms. The second kappa shape index (κ2) is 47.9. The van der Waals surface area contributed by atoms with Gasteiger partial charge < -0.3 is 14.6 Å². The average molecular weight is 803 g/mol. The SMILES string of the molecule is CC/C=C\C/C=C\C/C=C\C/C=C\C/C=C\C/C=C\CCCCC(=O)OC(CO)COC(=O)CCCCCCCCCC/C=C\C/C=C\C/C=C\CCCCCCC. The van der Waals surface area contributed by atoms with Gasteiger partial charge in [-0.1, -0.05) is 187 Å². The van der Waals surface area contributed by atoms with E-state index in [0.717, 1.165) is 96.3 Å². The number of unbranched alkanes of at least 4 members (excludes halogenated alkanes) is 15. The van der Waals surface area contributed by atoms with Crippen molar-refractivity contribution < 1.29 is 24.2 Å². The van der Waals surface area contributed by atoms with Crippen LogP contribution in [-0.2, 0) is 19.1 Å². The fourth-order valence-electron chi connectivity index (χ4n) is 6.03. The van der Waals surface area contributed by atoms with Gasteiger partial charge in [0, 0.05) is 12.8 Å². The van der Waals surface area contributed by atoms with E-state index in [2.05, 4.69) is 123 Å². The smallest absolute Gasteiger partial charge is 0.306 e. The molecule has 0 aromatic rings. The van der Waals surface area contributed by atoms with Crippen molar-refractivity contribution in [1.82, 2.24) is 0 Å². The van der Waals surface area contributed by atoms with Crippen molar-refractivity contribution in [1.29, 1.82) is 0 Å². The maximum atomic E-state index is 12.2. The third-order valence-corrected chi connectivity index (χ3v) is 9.55. The molecule has 58 heavy (non-hydrogen) atoms. The lowest BCUT2D eigenvalue weighted by Gasteiger charge is -2.15. The summed E-state index contributed by atoms with van der Waals surface area (Å²) >= 11 is 0. The third kappa shape index (κ3) is 45.3. The minimum atomic E-state index is -0.806. The van der Waals surface area contributed by atoms with Crippen molar-refractivity contribution in [2.75, 3.05) is 13.2 Å². The van der Waals surface area contributed by atoms with Gasteiger partial charge in [0.2, 0.25) is 0 Å². The molecule has 0 spiro atoms. The van der Waals surface area contributed by atoms with Crippen LogP contribution >= 0.6 is 0 Å². The molecule has 0 radical (unpaired) electrons. The van der Waals surface area contributed by atoms with Gasteiger partial charge in [-0.15, -0.1) is 0 Å². The highest BCUT2D eigenvalue weighted by atomic mass is 16.6. The molecule has 0 rings (SSSR count). The van der Waals surface area contributed by atoms with Crippen LogP contribution in [0, 0.1) is 0 Å². The zero-order valence-electron chi connectivity index (χ0n) is 37.3. The molecule has 1 atom stereocenters. The van der Waals surface area contributed by atoms with E-state index in [1.165, 1.54) is 70.6 Å². The maximum Gasteiger partial charge on any atom is 0.306 e. The summed E-state index contributed by atoms with van der Waals surface area (Å²) in [7, 11) is 0. The monoisotopic (exact) mass is 803 g/mol. The fourth-order valence-corrected chi connectivity index (χ4v) is 6.03. The number of carbonyl (C=O) groups is 2. The lowest BCUT2D eigenvalue weighted by atomic mass is 10.1. The Bertz CT molecular complexity index is 1180. The number of carbonyl (C=O) groups excluding carboxylic acids is 2. The standard InChI is InChI=1S/C53H86O5/c1-3-5-7-9-11-13-15-17-19-21-23-25-26-28-29-31-33-35-37-39-41-43-45-47-52(55)57-50-51(49-54)58-53(56)48-46-44-42-40-38-36-34-32-30-27-24-22-20-18-16-14-12-10-8-6-4-2/h6,8,12,14-15,17-18,20-21,23-24,26-28,32,34,38,40,51,54H,3-5,7,9-11,13,16,19,22,25,29-31,33,35-37,39,41-50H2,1-2H3/b8-6-,14-12-,17-15-,20-18-,23-21-,27-24-,28-26-,34-32-,40-38-. The Kier molecular flexibility index (Phi) is 45.1. The number of hydrogen-bond donors (Lipinski definition) is 1. The molecule has 5 heteroatoms. The maximum absolute atomic E-state index is 12.2. The zero-order valence-corrected chi connectivity index (χ0v) is 37.3. The predicted octanol–water partition coefficient (Wildman–Crippen LogP) is 15.4. The molecule has 1 unspecified atom stereocenters. The molecule has 0 aromatic carbocycles. The number of aliphatic hydroxyl groups excluding tert-OH is 1. The summed E-state index contributed by atoms with van der Waals surface area (Å²) in [5.74, 6) is -0.658. The van der Waals surface area contributed by atoms with Crippen LogP contribution in [0.2, 0.25) is 0 Å². The second-order valence-electron chi connectivity index (χ2n) is 15.1. The molecule has 0 aliphatic carbocycles. The van der Waals surface area contributed by atoms with Crippen LogP contribution in [0.1, 0.15) is 194 Å². The zero-order chi connectivity index (χ0) is 42.1. The molecule has 1 N–H and O–H groups in total. The van der Waals surface area contributed by atoms with Gasteiger partial charge in [-0.2, -0.15) is 0 Å². The van der Waals surface area contributed by atoms with Crippen molar-refractivity contribution in [2.45, 2.75) is 200 Å². The Morgan fingerprint density at radius 2 is 0.741 bits per heavy atom. The first-order chi connectivity index (χ1) is 28.6. The van der Waals surface area contributed by atoms with Gasteiger partial charge in [0.1, 0.15) is 6.61 Å². The Labute approximate surface area is 357 Å². The second-order valence-corrected chi connectivity index (χ2v) is 15.1. The Balaban J connectivity index is 3.66. The molecule has 0 aliphatic heterocycles. The first-order valence-corrected chi connectivity index (χ1v) is 23.4. The fraction of sp³-hybridized carbons (Fsp3) is 0.623. The molecule has 0 heterocycles. The molecular formula is C53H86O5. The van der Waals surface area contributed by atoms with Crippen LogP contribution in [0.3, 0.4) is 0 Å². The van der Waals surface area contributed by atoms with Crippen LogP contribution in [-0.4, -0.2) is 36.4 Å². The first-order valence-electron chi connectivity index (χ1n) is 23.4. The number of esters is 2. The van der Waals surface area contributed by atoms with Gasteiger partial charge in [0.05, 0.1) is 6.61 Å². The highest BCUT2D eigenvalue weighted by Gasteiger charge is 2.16. The van der Waals surface area contributed by atoms with E-state index in [4.69, 9.17) is 9.47 Å². The van der Waals surface area contributed by atoms with Gasteiger partial charge in [0.25, 0.3) is 0 Å². The van der Waals surface area contributed by atoms with E-state index < -0.39 is 6.10 Å². The van der Waals surface area contributed by atoms with Crippen molar-refractivity contribution in [3.05, 3.63) is 109 Å². The van der Waals surface area contributed by atoms with Gasteiger partial charge in [-0.05, 0) is 103 Å². The predicted molar refractivity (Wildman–Crippen MR) is 251 cm³/mol. The summed E-state index contributed by atoms with van der Waals surface area (Å²) in [6.45, 7) is 3.96. The minimum absolute atomic E-state index is 0.0948. The van der Waals surface area contributed by atoms with E-state index in [0.29, 0.717) is 12.8 Å². The van der Waals surface area contributed by atoms with E-state index in [-0.39, 0.29) is 25.2 Å². The van der Waals surface area contributed by atoms with Crippen LogP contribution in [0.5, 0.6) is 0 Å². The van der Waals surface area contributed by atoms with Crippen LogP contribution in [0.15, 0.2) is 109 Å². The number of allylic oxidation sites excluding steroid dienone is 18. The topological polar surface area (TPSA) is 72.8 Å². The number of rotatable bonds is 41. The summed E-state index contributed by atoms with van der Waals surface area (Å²) in [4.78, 5) is 24.4. The third-order valence-electron chi connectivity index (χ3n) is 9.55. The van der Waals surface area contributed by atoms with E-state index in [1.54, 1.807) is 0 Å². The molecule has 0 saturated carbocycles. The Morgan fingerprint density at radius 1 is 0.414 bits per heavy atom. The van der Waals surface area contributed by atoms with E-state index in [9.17, 15) is 14.7 Å². The molecular weight excluding hydrogens is 717 g/mol. The van der Waals surface area contributed by atoms with Gasteiger partial charge in [0.15, 0.2) is 6.10 Å². The number of hydrogen-bond acceptors (Lipinski definition) is 5. The molecule has 5 nitrogen and oxygen atoms in total. The Morgan fingerprint density at radius 3 is 1.16 bits per heavy atom. The number of ether oxygens (including phenoxy) is 2. The molecule has 0 saturated heterocycles. The van der Waals surface area contributed by atoms with Gasteiger partial charge >= 0.3 is 11.9 Å². The largest absolute Gasteiger partial charge is 0.462 e. The summed E-state index contributed by atoms with van der Waals surface area (Å²) in [6.07, 6.45) is 68.8. The van der Waals surface area contributed by atoms with Crippen LogP contribution in [0.25, 0.3) is 0 Å². The molecule has 0 fully saturated rings. The lowest BCUT2D eigenvalue weighted by Crippen LogP contribution is -2.28. The summed E-state index contributed by atoms with van der Waals surface area (Å²) in [5, 5.41) is 9.60. The first kappa shape index (κ1) is 54.6. The van der Waals surface area contributed by atoms with Crippen LogP contribution < -0.4 is 0 Å². The average Bonchev–Trinajstić information content (AvgIpc) is 3.23. The molecule has 328 valence electrons. The number of aliphatic hydroxyl groups is 1. The summed E-state index contributed by atoms with van der Waals surface area (Å²) in [6, 6.07) is 0. The summed E-state index contributed by atoms with van der Waals surface area (Å²) < 4.78 is 10.6. The highest BCUT2D eigenvalue weighted by molar-refractivity contribution is 5.70. The van der Waals surface area contributed by atoms with Gasteiger partial charge in [-0.3, -0.25) is 9.59 Å². The van der Waals surface area contributed by atoms with Gasteiger partial charge in [-0.25, -0.2) is 0 Å². The van der Waals surface area contributed by atoms with E-state index >= 15 is 0 Å². The highest BCUT2D eigenvalue weighted by Crippen LogP contribution is 2.12. The van der Waals surface area contributed by atoms with Crippen LogP contribution in [0.4, 0.5) is 0 Å². The molecule has 0 aliphatic rings. The van der Waals surface area contributed by atoms with Crippen molar-refractivity contribution in [2.24, 2.45) is 0 Å². The summed E-state index contributed by atoms with van der Waals surface area (Å²) in [5.41, 5.74) is 0. The van der Waals surface area contributed by atoms with Crippen molar-refractivity contribution in [3.63, 3.8) is 0 Å². The van der Waals surface area contributed by atoms with E-state index in [1.807, 2.05) is 0 Å². The molecule has 0 aromatic heterocycles. The normalized spacial score (nSPS) is 13.2. The molecule has 0 amide bonds. The van der Waals surface area contributed by atoms with Crippen molar-refractivity contribution >= 4 is 11.9 Å². The quantitative estimate of drug-likeness (QED) is 0.0379.